The van der Waals surface area contributed by atoms with Crippen LogP contribution in [0, 0.1) is 5.82 Å². The van der Waals surface area contributed by atoms with Crippen LogP contribution in [0.4, 0.5) is 17.6 Å². The molecule has 1 aromatic heterocycles. The Balaban J connectivity index is 1.69. The molecule has 0 radical (unpaired) electrons. The molecule has 0 saturated carbocycles. The second-order valence-electron chi connectivity index (χ2n) is 9.18. The molecule has 1 aliphatic rings. The van der Waals surface area contributed by atoms with Crippen molar-refractivity contribution in [3.05, 3.63) is 130 Å². The third kappa shape index (κ3) is 6.46. The molecule has 1 aliphatic heterocycles. The minimum Gasteiger partial charge on any atom is -0.488 e. The number of fused-ring (bicyclic) bond motifs is 1. The number of benzene rings is 3. The van der Waals surface area contributed by atoms with Crippen molar-refractivity contribution in [2.75, 3.05) is 6.61 Å². The van der Waals surface area contributed by atoms with E-state index in [9.17, 15) is 27.2 Å². The van der Waals surface area contributed by atoms with E-state index >= 15 is 0 Å². The van der Waals surface area contributed by atoms with Crippen molar-refractivity contribution in [3.63, 3.8) is 0 Å². The molecule has 6 nitrogen and oxygen atoms in total. The highest BCUT2D eigenvalue weighted by Gasteiger charge is 2.45. The predicted octanol–water partition coefficient (Wildman–Crippen LogP) is 6.47. The molecule has 0 fully saturated rings. The molecule has 5 rings (SSSR count). The van der Waals surface area contributed by atoms with Crippen LogP contribution in [0.3, 0.4) is 0 Å². The van der Waals surface area contributed by atoms with Crippen LogP contribution in [0.25, 0.3) is 6.08 Å². The summed E-state index contributed by atoms with van der Waals surface area (Å²) in [5, 5.41) is 0.312. The number of halogens is 6. The van der Waals surface area contributed by atoms with Gasteiger partial charge in [-0.3, -0.25) is 9.36 Å². The zero-order valence-electron chi connectivity index (χ0n) is 22.1. The molecule has 0 aliphatic carbocycles. The summed E-state index contributed by atoms with van der Waals surface area (Å²) in [5.74, 6) is -1.40. The molecule has 4 aromatic rings. The summed E-state index contributed by atoms with van der Waals surface area (Å²) in [5.41, 5.74) is -2.04. The second-order valence-corrected chi connectivity index (χ2v) is 11.5. The van der Waals surface area contributed by atoms with Gasteiger partial charge in [-0.2, -0.15) is 13.2 Å². The molecule has 0 unspecified atom stereocenters. The molecule has 0 N–H and O–H groups in total. The molecule has 0 saturated heterocycles. The van der Waals surface area contributed by atoms with Gasteiger partial charge in [0.2, 0.25) is 0 Å². The number of rotatable bonds is 7. The average molecular weight is 696 g/mol. The minimum absolute atomic E-state index is 0.0261. The molecule has 0 amide bonds. The first-order valence-electron chi connectivity index (χ1n) is 12.7. The minimum atomic E-state index is -5.03. The largest absolute Gasteiger partial charge is 0.488 e. The van der Waals surface area contributed by atoms with Gasteiger partial charge in [-0.1, -0.05) is 69.2 Å². The molecule has 13 heteroatoms. The van der Waals surface area contributed by atoms with E-state index in [1.807, 2.05) is 0 Å². The smallest absolute Gasteiger partial charge is 0.434 e. The number of thiazole rings is 1. The lowest BCUT2D eigenvalue weighted by molar-refractivity contribution is -0.140. The van der Waals surface area contributed by atoms with Crippen molar-refractivity contribution in [1.29, 1.82) is 0 Å². The summed E-state index contributed by atoms with van der Waals surface area (Å²) in [6.07, 6.45) is -3.58. The third-order valence-corrected chi connectivity index (χ3v) is 8.11. The lowest BCUT2D eigenvalue weighted by Gasteiger charge is -2.26. The van der Waals surface area contributed by atoms with Crippen molar-refractivity contribution in [2.45, 2.75) is 25.7 Å². The van der Waals surface area contributed by atoms with E-state index in [0.717, 1.165) is 15.9 Å². The molecule has 1 atom stereocenters. The van der Waals surface area contributed by atoms with Crippen LogP contribution in [0.5, 0.6) is 5.75 Å². The Bertz CT molecular complexity index is 1920. The number of allylic oxidation sites excluding steroid dienone is 1. The van der Waals surface area contributed by atoms with Gasteiger partial charge in [-0.15, -0.1) is 0 Å². The van der Waals surface area contributed by atoms with Crippen molar-refractivity contribution in [1.82, 2.24) is 4.57 Å². The summed E-state index contributed by atoms with van der Waals surface area (Å²) in [4.78, 5) is 30.3. The van der Waals surface area contributed by atoms with Crippen LogP contribution in [0.1, 0.15) is 29.7 Å². The number of esters is 1. The fraction of sp³-hybridized carbons (Fsp3) is 0.167. The molecular weight excluding hydrogens is 676 g/mol. The maximum atomic E-state index is 14.3. The normalized spacial score (nSPS) is 15.2. The van der Waals surface area contributed by atoms with Crippen molar-refractivity contribution < 1.29 is 31.8 Å². The van der Waals surface area contributed by atoms with Gasteiger partial charge in [0, 0.05) is 20.6 Å². The van der Waals surface area contributed by atoms with Crippen LogP contribution >= 0.6 is 38.9 Å². The number of alkyl halides is 3. The number of nitrogens with zero attached hydrogens (tertiary/aromatic N) is 2. The van der Waals surface area contributed by atoms with E-state index in [2.05, 4.69) is 20.9 Å². The van der Waals surface area contributed by atoms with E-state index in [4.69, 9.17) is 21.1 Å². The Morgan fingerprint density at radius 2 is 1.86 bits per heavy atom. The number of hydrogen-bond acceptors (Lipinski definition) is 6. The van der Waals surface area contributed by atoms with E-state index in [1.54, 1.807) is 36.4 Å². The van der Waals surface area contributed by atoms with Gasteiger partial charge in [0.15, 0.2) is 10.5 Å². The summed E-state index contributed by atoms with van der Waals surface area (Å²) >= 11 is 10.1. The SMILES string of the molecule is CCOC(=O)C1=C(C(F)(F)F)N=c2s/c(=C\c3cc(Br)ccc3OCc3ccccc3F)c(=O)n2[C@H]1c1ccc(Cl)cc1. The van der Waals surface area contributed by atoms with Crippen LogP contribution in [-0.4, -0.2) is 23.3 Å². The Hall–Kier alpha value is -3.74. The molecule has 3 aromatic carbocycles. The van der Waals surface area contributed by atoms with Gasteiger partial charge in [-0.25, -0.2) is 14.2 Å². The van der Waals surface area contributed by atoms with E-state index in [1.165, 1.54) is 43.3 Å². The van der Waals surface area contributed by atoms with E-state index in [0.29, 0.717) is 26.4 Å². The highest BCUT2D eigenvalue weighted by molar-refractivity contribution is 9.10. The Morgan fingerprint density at radius 3 is 2.53 bits per heavy atom. The summed E-state index contributed by atoms with van der Waals surface area (Å²) < 4.78 is 69.7. The van der Waals surface area contributed by atoms with Gasteiger partial charge >= 0.3 is 12.1 Å². The highest BCUT2D eigenvalue weighted by Crippen LogP contribution is 2.38. The fourth-order valence-corrected chi connectivity index (χ4v) is 5.97. The third-order valence-electron chi connectivity index (χ3n) is 6.38. The van der Waals surface area contributed by atoms with E-state index in [-0.39, 0.29) is 28.1 Å². The maximum absolute atomic E-state index is 14.3. The Labute approximate surface area is 259 Å². The van der Waals surface area contributed by atoms with Gasteiger partial charge in [-0.05, 0) is 55.0 Å². The standard InChI is InChI=1S/C30H20BrClF4N2O4S/c1-2-41-28(40)24-25(16-7-10-20(32)11-8-16)38-27(39)23(43-29(38)37-26(24)30(34,35)36)14-18-13-19(31)9-12-22(18)42-15-17-5-3-4-6-21(17)33/h3-14,25H,2,15H2,1H3/b23-14-/t25-/m0/s1. The average Bonchev–Trinajstić information content (AvgIpc) is 3.27. The first kappa shape index (κ1) is 30.7. The number of hydrogen-bond donors (Lipinski definition) is 0. The van der Waals surface area contributed by atoms with Crippen molar-refractivity contribution in [2.24, 2.45) is 4.99 Å². The summed E-state index contributed by atoms with van der Waals surface area (Å²) in [6, 6.07) is 15.3. The van der Waals surface area contributed by atoms with Crippen molar-refractivity contribution in [3.8, 4) is 5.75 Å². The summed E-state index contributed by atoms with van der Waals surface area (Å²) in [6.45, 7) is 1.16. The Kier molecular flexibility index (Phi) is 8.91. The van der Waals surface area contributed by atoms with E-state index < -0.39 is 40.8 Å². The lowest BCUT2D eigenvalue weighted by Crippen LogP contribution is -2.41. The van der Waals surface area contributed by atoms with Crippen LogP contribution in [0.2, 0.25) is 5.02 Å². The summed E-state index contributed by atoms with van der Waals surface area (Å²) in [7, 11) is 0. The van der Waals surface area contributed by atoms with Gasteiger partial charge in [0.05, 0.1) is 22.8 Å². The highest BCUT2D eigenvalue weighted by atomic mass is 79.9. The van der Waals surface area contributed by atoms with Crippen LogP contribution in [-0.2, 0) is 16.1 Å². The molecule has 2 heterocycles. The second kappa shape index (κ2) is 12.5. The molecule has 0 spiro atoms. The monoisotopic (exact) mass is 694 g/mol. The molecule has 43 heavy (non-hydrogen) atoms. The maximum Gasteiger partial charge on any atom is 0.434 e. The van der Waals surface area contributed by atoms with Crippen LogP contribution in [0.15, 0.2) is 92.3 Å². The topological polar surface area (TPSA) is 69.9 Å². The molecule has 222 valence electrons. The first-order chi connectivity index (χ1) is 20.5. The predicted molar refractivity (Wildman–Crippen MR) is 157 cm³/mol. The zero-order valence-corrected chi connectivity index (χ0v) is 25.3. The number of carbonyl (C=O) groups excluding carboxylic acids is 1. The van der Waals surface area contributed by atoms with Gasteiger partial charge < -0.3 is 9.47 Å². The quantitative estimate of drug-likeness (QED) is 0.164. The zero-order chi connectivity index (χ0) is 30.9. The first-order valence-corrected chi connectivity index (χ1v) is 14.7. The number of aromatic nitrogens is 1. The van der Waals surface area contributed by atoms with Crippen LogP contribution < -0.4 is 19.6 Å². The molecule has 0 bridgehead atoms. The Morgan fingerprint density at radius 1 is 1.14 bits per heavy atom. The molecular formula is C30H20BrClF4N2O4S. The fourth-order valence-electron chi connectivity index (χ4n) is 4.48. The number of ether oxygens (including phenoxy) is 2. The number of carbonyl (C=O) groups is 1. The lowest BCUT2D eigenvalue weighted by atomic mass is 9.95. The van der Waals surface area contributed by atoms with Crippen molar-refractivity contribution >= 4 is 50.9 Å². The van der Waals surface area contributed by atoms with Gasteiger partial charge in [0.1, 0.15) is 18.2 Å². The van der Waals surface area contributed by atoms with Gasteiger partial charge in [0.25, 0.3) is 5.56 Å².